The van der Waals surface area contributed by atoms with E-state index in [0.29, 0.717) is 23.8 Å². The Labute approximate surface area is 215 Å². The number of amides is 2. The summed E-state index contributed by atoms with van der Waals surface area (Å²) in [6.45, 7) is 0.802. The maximum Gasteiger partial charge on any atom is 0.416 e. The lowest BCUT2D eigenvalue weighted by molar-refractivity contribution is -0.137. The van der Waals surface area contributed by atoms with Crippen LogP contribution in [0.2, 0.25) is 0 Å². The Morgan fingerprint density at radius 2 is 2.05 bits per heavy atom. The normalized spacial score (nSPS) is 17.6. The van der Waals surface area contributed by atoms with Gasteiger partial charge in [0.25, 0.3) is 0 Å². The third-order valence-electron chi connectivity index (χ3n) is 6.37. The van der Waals surface area contributed by atoms with Gasteiger partial charge in [0.1, 0.15) is 24.3 Å². The first kappa shape index (κ1) is 25.7. The largest absolute Gasteiger partial charge is 0.489 e. The van der Waals surface area contributed by atoms with Gasteiger partial charge in [-0.25, -0.2) is 19.7 Å². The number of rotatable bonds is 6. The molecule has 5 rings (SSSR count). The Kier molecular flexibility index (Phi) is 7.04. The summed E-state index contributed by atoms with van der Waals surface area (Å²) in [5, 5.41) is 21.0. The molecule has 0 saturated carbocycles. The molecule has 0 spiro atoms. The van der Waals surface area contributed by atoms with Crippen molar-refractivity contribution in [1.29, 1.82) is 0 Å². The summed E-state index contributed by atoms with van der Waals surface area (Å²) in [6, 6.07) is 7.19. The standard InChI is InChI=1S/C25H25F3N6O4/c26-25(27,28)16-4-1-3-15(9-16)22-30-11-20-23(32-22)34(17-5-2-8-33(20)12-17)24(37)31-21-7-6-19(10-29-21)38-14-18(36)13-35/h1,3-4,6-7,9-11,17-18,35-36H,2,5,8,12-14H2,(H,29,31,37)/t17-,18?/m0/s1. The molecule has 1 fully saturated rings. The molecule has 200 valence electrons. The molecule has 0 aliphatic carbocycles. The van der Waals surface area contributed by atoms with Crippen molar-refractivity contribution in [3.63, 3.8) is 0 Å². The number of aliphatic hydroxyl groups excluding tert-OH is 2. The van der Waals surface area contributed by atoms with Crippen LogP contribution in [0.25, 0.3) is 11.4 Å². The molecule has 38 heavy (non-hydrogen) atoms. The summed E-state index contributed by atoms with van der Waals surface area (Å²) < 4.78 is 45.1. The van der Waals surface area contributed by atoms with Crippen LogP contribution in [-0.2, 0) is 6.18 Å². The molecule has 2 bridgehead atoms. The second kappa shape index (κ2) is 10.4. The number of hydrogen-bond donors (Lipinski definition) is 3. The number of urea groups is 1. The number of carbonyl (C=O) groups excluding carboxylic acids is 1. The molecular weight excluding hydrogens is 505 g/mol. The van der Waals surface area contributed by atoms with Crippen molar-refractivity contribution in [2.24, 2.45) is 0 Å². The number of nitrogens with one attached hydrogen (secondary N) is 1. The maximum atomic E-state index is 13.5. The number of piperidine rings is 1. The van der Waals surface area contributed by atoms with Crippen LogP contribution in [0.15, 0.2) is 48.8 Å². The Hall–Kier alpha value is -3.97. The molecule has 3 aromatic rings. The predicted molar refractivity (Wildman–Crippen MR) is 132 cm³/mol. The quantitative estimate of drug-likeness (QED) is 0.444. The molecule has 2 amide bonds. The zero-order chi connectivity index (χ0) is 26.9. The minimum atomic E-state index is -4.51. The molecule has 4 heterocycles. The first-order valence-electron chi connectivity index (χ1n) is 12.0. The van der Waals surface area contributed by atoms with E-state index in [1.54, 1.807) is 12.3 Å². The van der Waals surface area contributed by atoms with Crippen LogP contribution in [0.3, 0.4) is 0 Å². The molecule has 10 nitrogen and oxygen atoms in total. The highest BCUT2D eigenvalue weighted by Crippen LogP contribution is 2.39. The predicted octanol–water partition coefficient (Wildman–Crippen LogP) is 3.31. The Morgan fingerprint density at radius 3 is 2.79 bits per heavy atom. The van der Waals surface area contributed by atoms with Crippen molar-refractivity contribution in [3.05, 3.63) is 54.4 Å². The van der Waals surface area contributed by atoms with Gasteiger partial charge in [-0.1, -0.05) is 12.1 Å². The van der Waals surface area contributed by atoms with Crippen molar-refractivity contribution in [3.8, 4) is 17.1 Å². The fraction of sp³-hybridized carbons (Fsp3) is 0.360. The second-order valence-electron chi connectivity index (χ2n) is 9.05. The zero-order valence-corrected chi connectivity index (χ0v) is 20.1. The van der Waals surface area contributed by atoms with Gasteiger partial charge in [0, 0.05) is 18.7 Å². The van der Waals surface area contributed by atoms with Crippen LogP contribution in [0, 0.1) is 0 Å². The van der Waals surface area contributed by atoms with Gasteiger partial charge in [0.2, 0.25) is 0 Å². The van der Waals surface area contributed by atoms with E-state index in [1.165, 1.54) is 29.3 Å². The number of aliphatic hydroxyl groups is 2. The van der Waals surface area contributed by atoms with Crippen LogP contribution >= 0.6 is 0 Å². The van der Waals surface area contributed by atoms with Gasteiger partial charge in [0.15, 0.2) is 11.6 Å². The lowest BCUT2D eigenvalue weighted by atomic mass is 10.0. The SMILES string of the molecule is O=C(Nc1ccc(OCC(O)CO)cn1)N1c2nc(-c3cccc(C(F)(F)F)c3)ncc2N2CCC[C@H]1C2. The molecule has 1 aromatic carbocycles. The second-order valence-corrected chi connectivity index (χ2v) is 9.05. The van der Waals surface area contributed by atoms with Crippen molar-refractivity contribution in [1.82, 2.24) is 15.0 Å². The molecule has 2 atom stereocenters. The third kappa shape index (κ3) is 5.34. The van der Waals surface area contributed by atoms with Crippen LogP contribution in [0.4, 0.5) is 35.3 Å². The smallest absolute Gasteiger partial charge is 0.416 e. The molecule has 1 saturated heterocycles. The van der Waals surface area contributed by atoms with Gasteiger partial charge < -0.3 is 19.8 Å². The molecular formula is C25H25F3N6O4. The fourth-order valence-electron chi connectivity index (χ4n) is 4.51. The van der Waals surface area contributed by atoms with Crippen LogP contribution in [0.5, 0.6) is 5.75 Å². The number of carbonyl (C=O) groups is 1. The Balaban J connectivity index is 1.41. The monoisotopic (exact) mass is 530 g/mol. The molecule has 2 aromatic heterocycles. The topological polar surface area (TPSA) is 124 Å². The summed E-state index contributed by atoms with van der Waals surface area (Å²) in [7, 11) is 0. The fourth-order valence-corrected chi connectivity index (χ4v) is 4.51. The number of anilines is 3. The average Bonchev–Trinajstić information content (AvgIpc) is 2.92. The molecule has 3 N–H and O–H groups in total. The van der Waals surface area contributed by atoms with Gasteiger partial charge in [-0.05, 0) is 37.1 Å². The van der Waals surface area contributed by atoms with Crippen LogP contribution in [0.1, 0.15) is 18.4 Å². The van der Waals surface area contributed by atoms with Crippen molar-refractivity contribution in [2.45, 2.75) is 31.2 Å². The highest BCUT2D eigenvalue weighted by Gasteiger charge is 2.39. The number of alkyl halides is 3. The Morgan fingerprint density at radius 1 is 1.21 bits per heavy atom. The summed E-state index contributed by atoms with van der Waals surface area (Å²) in [6.07, 6.45) is -1.02. The van der Waals surface area contributed by atoms with Crippen LogP contribution < -0.4 is 19.9 Å². The number of fused-ring (bicyclic) bond motifs is 4. The van der Waals surface area contributed by atoms with E-state index in [1.807, 2.05) is 0 Å². The number of aromatic nitrogens is 3. The lowest BCUT2D eigenvalue weighted by Gasteiger charge is -2.45. The van der Waals surface area contributed by atoms with Gasteiger partial charge in [-0.2, -0.15) is 13.2 Å². The molecule has 2 aliphatic rings. The zero-order valence-electron chi connectivity index (χ0n) is 20.1. The number of hydrogen-bond acceptors (Lipinski definition) is 8. The van der Waals surface area contributed by atoms with Gasteiger partial charge in [0.05, 0.1) is 36.3 Å². The minimum Gasteiger partial charge on any atom is -0.489 e. The maximum absolute atomic E-state index is 13.5. The molecule has 13 heteroatoms. The lowest BCUT2D eigenvalue weighted by Crippen LogP contribution is -2.56. The summed E-state index contributed by atoms with van der Waals surface area (Å²) in [4.78, 5) is 30.1. The van der Waals surface area contributed by atoms with Crippen molar-refractivity contribution >= 4 is 23.4 Å². The van der Waals surface area contributed by atoms with Gasteiger partial charge in [-0.3, -0.25) is 10.2 Å². The van der Waals surface area contributed by atoms with E-state index in [2.05, 4.69) is 25.2 Å². The van der Waals surface area contributed by atoms with E-state index in [-0.39, 0.29) is 29.9 Å². The summed E-state index contributed by atoms with van der Waals surface area (Å²) >= 11 is 0. The van der Waals surface area contributed by atoms with E-state index in [9.17, 15) is 23.1 Å². The van der Waals surface area contributed by atoms with Crippen molar-refractivity contribution in [2.75, 3.05) is 41.4 Å². The van der Waals surface area contributed by atoms with Crippen LogP contribution in [-0.4, -0.2) is 69.6 Å². The first-order chi connectivity index (χ1) is 18.2. The summed E-state index contributed by atoms with van der Waals surface area (Å²) in [5.41, 5.74) is 0.0131. The molecule has 1 unspecified atom stereocenters. The van der Waals surface area contributed by atoms with E-state index in [0.717, 1.165) is 31.5 Å². The molecule has 0 radical (unpaired) electrons. The highest BCUT2D eigenvalue weighted by atomic mass is 19.4. The summed E-state index contributed by atoms with van der Waals surface area (Å²) in [5.74, 6) is 0.995. The Bertz CT molecular complexity index is 1310. The first-order valence-corrected chi connectivity index (χ1v) is 12.0. The number of halogens is 3. The van der Waals surface area contributed by atoms with E-state index >= 15 is 0 Å². The van der Waals surface area contributed by atoms with Gasteiger partial charge >= 0.3 is 12.2 Å². The average molecular weight is 531 g/mol. The number of ether oxygens (including phenoxy) is 1. The van der Waals surface area contributed by atoms with E-state index in [4.69, 9.17) is 9.84 Å². The van der Waals surface area contributed by atoms with Crippen molar-refractivity contribution < 1.29 is 32.9 Å². The number of benzene rings is 1. The van der Waals surface area contributed by atoms with Gasteiger partial charge in [-0.15, -0.1) is 0 Å². The highest BCUT2D eigenvalue weighted by molar-refractivity contribution is 6.04. The number of pyridine rings is 1. The van der Waals surface area contributed by atoms with E-state index < -0.39 is 30.5 Å². The molecule has 2 aliphatic heterocycles. The number of nitrogens with zero attached hydrogens (tertiary/aromatic N) is 5. The minimum absolute atomic E-state index is 0.0820. The third-order valence-corrected chi connectivity index (χ3v) is 6.37.